The second-order valence-corrected chi connectivity index (χ2v) is 4.54. The predicted octanol–water partition coefficient (Wildman–Crippen LogP) is 1.11. The van der Waals surface area contributed by atoms with Crippen molar-refractivity contribution in [3.63, 3.8) is 0 Å². The Kier molecular flexibility index (Phi) is 4.11. The van der Waals surface area contributed by atoms with Crippen molar-refractivity contribution >= 4 is 20.6 Å². The lowest BCUT2D eigenvalue weighted by molar-refractivity contribution is 1.11. The Hall–Kier alpha value is 0.570. The monoisotopic (exact) mass is 122 g/mol. The molecule has 1 unspecified atom stereocenters. The first-order valence-electron chi connectivity index (χ1n) is 2.07. The zero-order chi connectivity index (χ0) is 4.99. The van der Waals surface area contributed by atoms with Crippen LogP contribution < -0.4 is 0 Å². The number of hydrogen-bond acceptors (Lipinski definition) is 1. The van der Waals surface area contributed by atoms with E-state index in [1.165, 1.54) is 12.2 Å². The summed E-state index contributed by atoms with van der Waals surface area (Å²) < 4.78 is 0. The molecular weight excluding hydrogens is 112 g/mol. The fraction of sp³-hybridized carbons (Fsp3) is 1.00. The van der Waals surface area contributed by atoms with Gasteiger partial charge in [-0.25, -0.2) is 0 Å². The fourth-order valence-electron chi connectivity index (χ4n) is 0.287. The maximum Gasteiger partial charge on any atom is -0.00262 e. The van der Waals surface area contributed by atoms with Crippen LogP contribution in [0.2, 0.25) is 0 Å². The summed E-state index contributed by atoms with van der Waals surface area (Å²) in [6, 6.07) is 0. The topological polar surface area (TPSA) is 0 Å². The lowest BCUT2D eigenvalue weighted by Crippen LogP contribution is -1.87. The molecular formula is C4H10S2. The van der Waals surface area contributed by atoms with Gasteiger partial charge in [-0.05, 0) is 18.4 Å². The van der Waals surface area contributed by atoms with Gasteiger partial charge in [-0.3, -0.25) is 0 Å². The summed E-state index contributed by atoms with van der Waals surface area (Å²) in [5, 5.41) is 0. The Bertz CT molecular complexity index is 49.5. The summed E-state index contributed by atoms with van der Waals surface area (Å²) in [4.78, 5) is 0. The van der Waals surface area contributed by atoms with Crippen LogP contribution in [0.3, 0.4) is 0 Å². The normalized spacial score (nSPS) is 14.3. The first kappa shape index (κ1) is 6.57. The average Bonchev–Trinajstić information content (AvgIpc) is 1.35. The second kappa shape index (κ2) is 3.75. The molecule has 0 fully saturated rings. The molecule has 0 aromatic carbocycles. The highest BCUT2D eigenvalue weighted by atomic mass is 32.8. The smallest absolute Gasteiger partial charge is 0.00262 e. The predicted molar refractivity (Wildman–Crippen MR) is 35.8 cm³/mol. The van der Waals surface area contributed by atoms with Gasteiger partial charge >= 0.3 is 0 Å². The van der Waals surface area contributed by atoms with Gasteiger partial charge in [0, 0.05) is 0 Å². The molecule has 0 amide bonds. The molecule has 0 aliphatic heterocycles. The van der Waals surface area contributed by atoms with Crippen LogP contribution in [-0.4, -0.2) is 12.0 Å². The first-order valence-corrected chi connectivity index (χ1v) is 4.80. The van der Waals surface area contributed by atoms with Gasteiger partial charge in [0.15, 0.2) is 0 Å². The van der Waals surface area contributed by atoms with E-state index in [2.05, 4.69) is 13.2 Å². The molecule has 0 radical (unpaired) electrons. The van der Waals surface area contributed by atoms with E-state index in [0.29, 0.717) is 0 Å². The minimum absolute atomic E-state index is 0.268. The van der Waals surface area contributed by atoms with Crippen molar-refractivity contribution in [1.82, 2.24) is 0 Å². The average molecular weight is 122 g/mol. The lowest BCUT2D eigenvalue weighted by Gasteiger charge is -1.87. The summed E-state index contributed by atoms with van der Waals surface area (Å²) in [5.74, 6) is 1.22. The van der Waals surface area contributed by atoms with Gasteiger partial charge in [-0.2, -0.15) is 0 Å². The van der Waals surface area contributed by atoms with Gasteiger partial charge in [0.25, 0.3) is 0 Å². The number of rotatable bonds is 2. The van der Waals surface area contributed by atoms with Crippen molar-refractivity contribution in [3.8, 4) is 0 Å². The van der Waals surface area contributed by atoms with Gasteiger partial charge in [-0.1, -0.05) is 18.1 Å². The van der Waals surface area contributed by atoms with Crippen LogP contribution >= 0.6 is 0 Å². The zero-order valence-corrected chi connectivity index (χ0v) is 5.86. The SMILES string of the molecule is CCCS(C)=S. The van der Waals surface area contributed by atoms with E-state index in [4.69, 9.17) is 11.2 Å². The Labute approximate surface area is 46.5 Å². The molecule has 0 aliphatic rings. The minimum atomic E-state index is 0.268. The molecule has 0 aliphatic carbocycles. The molecule has 1 atom stereocenters. The Morgan fingerprint density at radius 1 is 1.67 bits per heavy atom. The molecule has 38 valence electrons. The van der Waals surface area contributed by atoms with Crippen LogP contribution in [0.5, 0.6) is 0 Å². The summed E-state index contributed by atoms with van der Waals surface area (Å²) in [6.45, 7) is 2.16. The molecule has 0 rings (SSSR count). The van der Waals surface area contributed by atoms with E-state index < -0.39 is 0 Å². The third-order valence-corrected chi connectivity index (χ3v) is 1.97. The van der Waals surface area contributed by atoms with E-state index in [-0.39, 0.29) is 9.45 Å². The van der Waals surface area contributed by atoms with Crippen LogP contribution in [0.15, 0.2) is 0 Å². The Morgan fingerprint density at radius 3 is 2.17 bits per heavy atom. The Balaban J connectivity index is 2.83. The summed E-state index contributed by atoms with van der Waals surface area (Å²) in [7, 11) is 0.268. The van der Waals surface area contributed by atoms with Crippen molar-refractivity contribution in [2.75, 3.05) is 12.0 Å². The summed E-state index contributed by atoms with van der Waals surface area (Å²) >= 11 is 4.91. The van der Waals surface area contributed by atoms with E-state index in [1.54, 1.807) is 0 Å². The largest absolute Gasteiger partial charge is 0.125 e. The molecule has 0 N–H and O–H groups in total. The third kappa shape index (κ3) is 4.57. The maximum atomic E-state index is 4.91. The molecule has 0 aromatic rings. The van der Waals surface area contributed by atoms with Crippen LogP contribution in [0.4, 0.5) is 0 Å². The quantitative estimate of drug-likeness (QED) is 0.528. The molecule has 0 saturated heterocycles. The van der Waals surface area contributed by atoms with Crippen LogP contribution in [-0.2, 0) is 20.6 Å². The molecule has 2 heteroatoms. The molecule has 0 saturated carbocycles. The Morgan fingerprint density at radius 2 is 2.17 bits per heavy atom. The maximum absolute atomic E-state index is 4.91. The second-order valence-electron chi connectivity index (χ2n) is 1.28. The third-order valence-electron chi connectivity index (χ3n) is 0.492. The van der Waals surface area contributed by atoms with E-state index in [1.807, 2.05) is 0 Å². The first-order chi connectivity index (χ1) is 2.77. The molecule has 0 nitrogen and oxygen atoms in total. The van der Waals surface area contributed by atoms with Crippen molar-refractivity contribution < 1.29 is 0 Å². The van der Waals surface area contributed by atoms with Gasteiger partial charge in [0.2, 0.25) is 0 Å². The van der Waals surface area contributed by atoms with Crippen LogP contribution in [0.1, 0.15) is 13.3 Å². The van der Waals surface area contributed by atoms with Gasteiger partial charge in [0.05, 0.1) is 0 Å². The van der Waals surface area contributed by atoms with Crippen molar-refractivity contribution in [2.24, 2.45) is 0 Å². The van der Waals surface area contributed by atoms with Crippen LogP contribution in [0.25, 0.3) is 0 Å². The molecule has 0 spiro atoms. The number of hydrogen-bond donors (Lipinski definition) is 0. The zero-order valence-electron chi connectivity index (χ0n) is 4.23. The molecule has 0 bridgehead atoms. The van der Waals surface area contributed by atoms with Gasteiger partial charge in [-0.15, -0.1) is 9.45 Å². The lowest BCUT2D eigenvalue weighted by atomic mass is 10.6. The minimum Gasteiger partial charge on any atom is -0.125 e. The van der Waals surface area contributed by atoms with Crippen LogP contribution in [0, 0.1) is 0 Å². The molecule has 0 heterocycles. The summed E-state index contributed by atoms with van der Waals surface area (Å²) in [5.41, 5.74) is 0. The van der Waals surface area contributed by atoms with Crippen molar-refractivity contribution in [3.05, 3.63) is 0 Å². The highest BCUT2D eigenvalue weighted by Gasteiger charge is 1.76. The molecule has 0 aromatic heterocycles. The van der Waals surface area contributed by atoms with E-state index in [9.17, 15) is 0 Å². The van der Waals surface area contributed by atoms with Gasteiger partial charge < -0.3 is 0 Å². The molecule has 6 heavy (non-hydrogen) atoms. The fourth-order valence-corrected chi connectivity index (χ4v) is 1.36. The van der Waals surface area contributed by atoms with Crippen molar-refractivity contribution in [2.45, 2.75) is 13.3 Å². The van der Waals surface area contributed by atoms with Gasteiger partial charge in [0.1, 0.15) is 0 Å². The highest BCUT2D eigenvalue weighted by Crippen LogP contribution is 1.78. The highest BCUT2D eigenvalue weighted by molar-refractivity contribution is 8.28. The summed E-state index contributed by atoms with van der Waals surface area (Å²) in [6.07, 6.45) is 3.34. The standard InChI is InChI=1S/C4H10S2/c1-3-4-6(2)5/h3-4H2,1-2H3. The van der Waals surface area contributed by atoms with E-state index in [0.717, 1.165) is 0 Å². The van der Waals surface area contributed by atoms with Crippen molar-refractivity contribution in [1.29, 1.82) is 0 Å². The van der Waals surface area contributed by atoms with E-state index >= 15 is 0 Å².